The highest BCUT2D eigenvalue weighted by molar-refractivity contribution is 7.80. The van der Waals surface area contributed by atoms with Crippen molar-refractivity contribution < 1.29 is 4.79 Å². The van der Waals surface area contributed by atoms with Gasteiger partial charge < -0.3 is 11.1 Å². The van der Waals surface area contributed by atoms with E-state index >= 15 is 0 Å². The largest absolute Gasteiger partial charge is 0.392 e. The molecular formula is C12H13ClN2OS. The van der Waals surface area contributed by atoms with Gasteiger partial charge in [0.25, 0.3) is 0 Å². The third kappa shape index (κ3) is 2.28. The standard InChI is InChI=1S/C12H13ClN2OS/c1-7-6-8(13)2-3-9(7)15-11(16)12(4-5-12)10(14)17/h2-3,6H,4-5H2,1H3,(H2,14,17)(H,15,16). The molecule has 1 aliphatic rings. The van der Waals surface area contributed by atoms with Crippen molar-refractivity contribution in [3.05, 3.63) is 28.8 Å². The van der Waals surface area contributed by atoms with E-state index in [2.05, 4.69) is 5.32 Å². The quantitative estimate of drug-likeness (QED) is 0.829. The molecule has 0 heterocycles. The molecule has 0 radical (unpaired) electrons. The fourth-order valence-corrected chi connectivity index (χ4v) is 2.24. The highest BCUT2D eigenvalue weighted by atomic mass is 35.5. The Kier molecular flexibility index (Phi) is 3.10. The first-order valence-corrected chi connectivity index (χ1v) is 6.12. The fourth-order valence-electron chi connectivity index (χ4n) is 1.72. The molecule has 0 saturated heterocycles. The van der Waals surface area contributed by atoms with Crippen LogP contribution in [-0.4, -0.2) is 10.9 Å². The van der Waals surface area contributed by atoms with Crippen LogP contribution < -0.4 is 11.1 Å². The lowest BCUT2D eigenvalue weighted by Crippen LogP contribution is -2.35. The van der Waals surface area contributed by atoms with Crippen molar-refractivity contribution in [1.29, 1.82) is 0 Å². The van der Waals surface area contributed by atoms with Crippen LogP contribution in [0.1, 0.15) is 18.4 Å². The molecule has 0 aliphatic heterocycles. The molecule has 1 fully saturated rings. The van der Waals surface area contributed by atoms with Gasteiger partial charge in [0, 0.05) is 10.7 Å². The molecule has 2 rings (SSSR count). The van der Waals surface area contributed by atoms with E-state index in [9.17, 15) is 4.79 Å². The highest BCUT2D eigenvalue weighted by Gasteiger charge is 2.52. The molecule has 0 spiro atoms. The summed E-state index contributed by atoms with van der Waals surface area (Å²) in [6, 6.07) is 5.33. The van der Waals surface area contributed by atoms with E-state index in [4.69, 9.17) is 29.6 Å². The lowest BCUT2D eigenvalue weighted by Gasteiger charge is -2.15. The molecule has 0 aromatic heterocycles. The van der Waals surface area contributed by atoms with Gasteiger partial charge in [-0.1, -0.05) is 23.8 Å². The van der Waals surface area contributed by atoms with E-state index in [-0.39, 0.29) is 10.9 Å². The van der Waals surface area contributed by atoms with Crippen LogP contribution in [0.4, 0.5) is 5.69 Å². The van der Waals surface area contributed by atoms with E-state index in [1.54, 1.807) is 18.2 Å². The Labute approximate surface area is 110 Å². The molecule has 17 heavy (non-hydrogen) atoms. The topological polar surface area (TPSA) is 55.1 Å². The minimum absolute atomic E-state index is 0.115. The van der Waals surface area contributed by atoms with Crippen LogP contribution in [0.25, 0.3) is 0 Å². The third-order valence-electron chi connectivity index (χ3n) is 3.09. The summed E-state index contributed by atoms with van der Waals surface area (Å²) in [4.78, 5) is 12.3. The Morgan fingerprint density at radius 3 is 2.65 bits per heavy atom. The van der Waals surface area contributed by atoms with Crippen molar-refractivity contribution in [1.82, 2.24) is 0 Å². The molecule has 1 aliphatic carbocycles. The van der Waals surface area contributed by atoms with Crippen molar-refractivity contribution in [2.24, 2.45) is 11.1 Å². The summed E-state index contributed by atoms with van der Waals surface area (Å²) in [5.74, 6) is -0.115. The molecule has 1 saturated carbocycles. The summed E-state index contributed by atoms with van der Waals surface area (Å²) in [6.07, 6.45) is 1.47. The van der Waals surface area contributed by atoms with Gasteiger partial charge in [-0.3, -0.25) is 4.79 Å². The summed E-state index contributed by atoms with van der Waals surface area (Å²) >= 11 is 10.8. The summed E-state index contributed by atoms with van der Waals surface area (Å²) in [5.41, 5.74) is 6.65. The molecule has 0 unspecified atom stereocenters. The van der Waals surface area contributed by atoms with E-state index in [0.29, 0.717) is 5.02 Å². The Morgan fingerprint density at radius 1 is 1.53 bits per heavy atom. The molecule has 90 valence electrons. The van der Waals surface area contributed by atoms with Gasteiger partial charge in [0.1, 0.15) is 0 Å². The number of halogens is 1. The van der Waals surface area contributed by atoms with Gasteiger partial charge in [0.2, 0.25) is 5.91 Å². The van der Waals surface area contributed by atoms with Crippen LogP contribution in [-0.2, 0) is 4.79 Å². The number of carbonyl (C=O) groups excluding carboxylic acids is 1. The zero-order valence-corrected chi connectivity index (χ0v) is 11.0. The van der Waals surface area contributed by atoms with Gasteiger partial charge in [-0.15, -0.1) is 0 Å². The molecule has 1 aromatic carbocycles. The first-order valence-electron chi connectivity index (χ1n) is 5.33. The lowest BCUT2D eigenvalue weighted by atomic mass is 10.1. The summed E-state index contributed by atoms with van der Waals surface area (Å²) in [7, 11) is 0. The number of amides is 1. The molecular weight excluding hydrogens is 256 g/mol. The maximum Gasteiger partial charge on any atom is 0.237 e. The van der Waals surface area contributed by atoms with E-state index in [1.165, 1.54) is 0 Å². The second-order valence-electron chi connectivity index (χ2n) is 4.36. The Morgan fingerprint density at radius 2 is 2.18 bits per heavy atom. The van der Waals surface area contributed by atoms with E-state index in [0.717, 1.165) is 24.1 Å². The number of anilines is 1. The monoisotopic (exact) mass is 268 g/mol. The molecule has 3 nitrogen and oxygen atoms in total. The molecule has 1 aromatic rings. The van der Waals surface area contributed by atoms with Crippen LogP contribution in [0.5, 0.6) is 0 Å². The van der Waals surface area contributed by atoms with Gasteiger partial charge in [0.15, 0.2) is 0 Å². The van der Waals surface area contributed by atoms with Gasteiger partial charge in [-0.05, 0) is 43.5 Å². The van der Waals surface area contributed by atoms with Gasteiger partial charge in [-0.2, -0.15) is 0 Å². The first kappa shape index (κ1) is 12.3. The maximum absolute atomic E-state index is 12.1. The van der Waals surface area contributed by atoms with Crippen LogP contribution in [0, 0.1) is 12.3 Å². The van der Waals surface area contributed by atoms with Crippen LogP contribution in [0.2, 0.25) is 5.02 Å². The average Bonchev–Trinajstić information content (AvgIpc) is 3.02. The zero-order chi connectivity index (χ0) is 12.6. The summed E-state index contributed by atoms with van der Waals surface area (Å²) in [6.45, 7) is 1.89. The predicted octanol–water partition coefficient (Wildman–Crippen LogP) is 2.65. The van der Waals surface area contributed by atoms with Crippen LogP contribution in [0.3, 0.4) is 0 Å². The van der Waals surface area contributed by atoms with Crippen LogP contribution in [0.15, 0.2) is 18.2 Å². The number of carbonyl (C=O) groups is 1. The second-order valence-corrected chi connectivity index (χ2v) is 5.24. The normalized spacial score (nSPS) is 16.4. The molecule has 5 heteroatoms. The summed E-state index contributed by atoms with van der Waals surface area (Å²) < 4.78 is 0. The zero-order valence-electron chi connectivity index (χ0n) is 9.42. The van der Waals surface area contributed by atoms with Crippen molar-refractivity contribution in [2.45, 2.75) is 19.8 Å². The van der Waals surface area contributed by atoms with E-state index in [1.807, 2.05) is 6.92 Å². The molecule has 0 bridgehead atoms. The smallest absolute Gasteiger partial charge is 0.237 e. The average molecular weight is 269 g/mol. The number of hydrogen-bond donors (Lipinski definition) is 2. The maximum atomic E-state index is 12.1. The van der Waals surface area contributed by atoms with Crippen molar-refractivity contribution in [3.63, 3.8) is 0 Å². The Hall–Kier alpha value is -1.13. The number of nitrogens with one attached hydrogen (secondary N) is 1. The van der Waals surface area contributed by atoms with Gasteiger partial charge in [0.05, 0.1) is 10.4 Å². The van der Waals surface area contributed by atoms with Gasteiger partial charge >= 0.3 is 0 Å². The summed E-state index contributed by atoms with van der Waals surface area (Å²) in [5, 5.41) is 3.51. The molecule has 1 amide bonds. The van der Waals surface area contributed by atoms with Crippen molar-refractivity contribution in [2.75, 3.05) is 5.32 Å². The minimum atomic E-state index is -0.624. The molecule has 0 atom stereocenters. The van der Waals surface area contributed by atoms with Crippen molar-refractivity contribution >= 4 is 40.4 Å². The highest BCUT2D eigenvalue weighted by Crippen LogP contribution is 2.47. The SMILES string of the molecule is Cc1cc(Cl)ccc1NC(=O)C1(C(N)=S)CC1. The first-order chi connectivity index (χ1) is 7.95. The lowest BCUT2D eigenvalue weighted by molar-refractivity contribution is -0.118. The van der Waals surface area contributed by atoms with Crippen LogP contribution >= 0.6 is 23.8 Å². The predicted molar refractivity (Wildman–Crippen MR) is 73.3 cm³/mol. The van der Waals surface area contributed by atoms with Gasteiger partial charge in [-0.25, -0.2) is 0 Å². The minimum Gasteiger partial charge on any atom is -0.392 e. The second kappa shape index (κ2) is 4.27. The number of aryl methyl sites for hydroxylation is 1. The molecule has 3 N–H and O–H groups in total. The van der Waals surface area contributed by atoms with Crippen molar-refractivity contribution in [3.8, 4) is 0 Å². The fraction of sp³-hybridized carbons (Fsp3) is 0.333. The number of hydrogen-bond acceptors (Lipinski definition) is 2. The van der Waals surface area contributed by atoms with E-state index < -0.39 is 5.41 Å². The number of thiocarbonyl (C=S) groups is 1. The Balaban J connectivity index is 2.17. The Bertz CT molecular complexity index is 497. The number of benzene rings is 1. The number of rotatable bonds is 3. The third-order valence-corrected chi connectivity index (χ3v) is 3.72. The number of nitrogens with two attached hydrogens (primary N) is 1.